The molecule has 10 nitrogen and oxygen atoms in total. The van der Waals surface area contributed by atoms with Crippen molar-refractivity contribution in [1.29, 1.82) is 0 Å². The molecule has 0 heterocycles. The first-order valence-electron chi connectivity index (χ1n) is 9.12. The van der Waals surface area contributed by atoms with Gasteiger partial charge in [-0.05, 0) is 27.7 Å². The van der Waals surface area contributed by atoms with Gasteiger partial charge < -0.3 is 18.9 Å². The SMILES string of the molecule is C=C(C)C(=O)OCCP(C)(=O)OCOC(=O)C(=C)C.C=C(C)C(=O)OCOC(=O)C(=C)C. The maximum absolute atomic E-state index is 11.9. The minimum absolute atomic E-state index is 0.0383. The van der Waals surface area contributed by atoms with Crippen molar-refractivity contribution in [2.75, 3.05) is 33.0 Å². The van der Waals surface area contributed by atoms with Crippen LogP contribution in [0.15, 0.2) is 48.6 Å². The van der Waals surface area contributed by atoms with E-state index in [0.29, 0.717) is 0 Å². The van der Waals surface area contributed by atoms with Gasteiger partial charge in [0.2, 0.25) is 14.2 Å². The van der Waals surface area contributed by atoms with E-state index in [-0.39, 0.29) is 35.1 Å². The monoisotopic (exact) mass is 474 g/mol. The predicted octanol–water partition coefficient (Wildman–Crippen LogP) is 3.29. The normalized spacial score (nSPS) is 11.4. The maximum atomic E-state index is 11.9. The second-order valence-corrected chi connectivity index (χ2v) is 9.39. The van der Waals surface area contributed by atoms with Crippen LogP contribution in [-0.2, 0) is 47.2 Å². The second-order valence-electron chi connectivity index (χ2n) is 6.66. The molecule has 0 amide bonds. The molecule has 0 radical (unpaired) electrons. The summed E-state index contributed by atoms with van der Waals surface area (Å²) < 4.78 is 35.3. The lowest BCUT2D eigenvalue weighted by Gasteiger charge is -2.14. The van der Waals surface area contributed by atoms with E-state index in [4.69, 9.17) is 9.26 Å². The van der Waals surface area contributed by atoms with Crippen molar-refractivity contribution in [2.24, 2.45) is 0 Å². The van der Waals surface area contributed by atoms with Crippen LogP contribution in [0, 0.1) is 0 Å². The van der Waals surface area contributed by atoms with E-state index in [1.807, 2.05) is 0 Å². The van der Waals surface area contributed by atoms with E-state index in [1.165, 1.54) is 34.4 Å². The Hall–Kier alpha value is -2.97. The molecule has 0 saturated carbocycles. The Morgan fingerprint density at radius 1 is 0.625 bits per heavy atom. The number of hydrogen-bond donors (Lipinski definition) is 0. The van der Waals surface area contributed by atoms with Crippen molar-refractivity contribution < 1.29 is 47.2 Å². The fraction of sp³-hybridized carbons (Fsp3) is 0.429. The molecule has 11 heteroatoms. The number of hydrogen-bond acceptors (Lipinski definition) is 10. The quantitative estimate of drug-likeness (QED) is 0.136. The molecular weight excluding hydrogens is 443 g/mol. The smallest absolute Gasteiger partial charge is 0.335 e. The lowest BCUT2D eigenvalue weighted by molar-refractivity contribution is -0.161. The van der Waals surface area contributed by atoms with Gasteiger partial charge in [-0.15, -0.1) is 0 Å². The largest absolute Gasteiger partial charge is 0.462 e. The van der Waals surface area contributed by atoms with E-state index < -0.39 is 44.8 Å². The van der Waals surface area contributed by atoms with Gasteiger partial charge in [0, 0.05) is 29.0 Å². The Labute approximate surface area is 188 Å². The van der Waals surface area contributed by atoms with Crippen molar-refractivity contribution in [3.05, 3.63) is 48.6 Å². The Bertz CT molecular complexity index is 747. The number of carbonyl (C=O) groups is 4. The molecule has 0 aromatic heterocycles. The Kier molecular flexibility index (Phi) is 15.4. The minimum Gasteiger partial charge on any atom is -0.462 e. The van der Waals surface area contributed by atoms with Crippen LogP contribution in [0.5, 0.6) is 0 Å². The van der Waals surface area contributed by atoms with Gasteiger partial charge in [-0.2, -0.15) is 0 Å². The molecule has 180 valence electrons. The summed E-state index contributed by atoms with van der Waals surface area (Å²) in [5.41, 5.74) is 1.00. The van der Waals surface area contributed by atoms with Crippen LogP contribution in [0.3, 0.4) is 0 Å². The van der Waals surface area contributed by atoms with Gasteiger partial charge in [-0.25, -0.2) is 19.2 Å². The topological polar surface area (TPSA) is 132 Å². The second kappa shape index (κ2) is 15.8. The molecule has 1 atom stereocenters. The van der Waals surface area contributed by atoms with Crippen LogP contribution >= 0.6 is 7.37 Å². The molecular formula is C21H31O10P. The van der Waals surface area contributed by atoms with Gasteiger partial charge in [-0.1, -0.05) is 26.3 Å². The Balaban J connectivity index is 0. The highest BCUT2D eigenvalue weighted by atomic mass is 31.2. The number of esters is 4. The molecule has 0 N–H and O–H groups in total. The summed E-state index contributed by atoms with van der Waals surface area (Å²) in [4.78, 5) is 43.6. The molecule has 0 aromatic carbocycles. The molecule has 32 heavy (non-hydrogen) atoms. The van der Waals surface area contributed by atoms with Gasteiger partial charge >= 0.3 is 23.9 Å². The third kappa shape index (κ3) is 16.8. The standard InChI is InChI=1S/C12H19O6P.C9H12O4/c1-9(2)11(13)16-6-7-19(5,15)18-8-17-12(14)10(3)4;1-6(2)8(10)12-5-13-9(11)7(3)4/h1,3,6-8H2,2,4-5H3;1,3,5H2,2,4H3. The zero-order valence-electron chi connectivity index (χ0n) is 19.2. The summed E-state index contributed by atoms with van der Waals surface area (Å²) in [5, 5.41) is 0. The van der Waals surface area contributed by atoms with Crippen LogP contribution in [0.4, 0.5) is 0 Å². The first-order valence-corrected chi connectivity index (χ1v) is 11.4. The van der Waals surface area contributed by atoms with Crippen molar-refractivity contribution in [1.82, 2.24) is 0 Å². The number of rotatable bonds is 12. The highest BCUT2D eigenvalue weighted by molar-refractivity contribution is 7.58. The van der Waals surface area contributed by atoms with E-state index in [1.54, 1.807) is 0 Å². The summed E-state index contributed by atoms with van der Waals surface area (Å²) >= 11 is 0. The van der Waals surface area contributed by atoms with Gasteiger partial charge in [0.25, 0.3) is 0 Å². The molecule has 0 aliphatic carbocycles. The summed E-state index contributed by atoms with van der Waals surface area (Å²) in [6.45, 7) is 20.0. The molecule has 0 saturated heterocycles. The molecule has 0 bridgehead atoms. The van der Waals surface area contributed by atoms with Gasteiger partial charge in [0.15, 0.2) is 6.79 Å². The fourth-order valence-electron chi connectivity index (χ4n) is 1.19. The molecule has 0 rings (SSSR count). The lowest BCUT2D eigenvalue weighted by Crippen LogP contribution is -2.13. The minimum atomic E-state index is -2.98. The molecule has 0 spiro atoms. The summed E-state index contributed by atoms with van der Waals surface area (Å²) in [6, 6.07) is 0. The first-order chi connectivity index (χ1) is 14.6. The first kappa shape index (κ1) is 31.2. The zero-order valence-corrected chi connectivity index (χ0v) is 20.1. The van der Waals surface area contributed by atoms with Crippen LogP contribution in [0.25, 0.3) is 0 Å². The van der Waals surface area contributed by atoms with E-state index in [0.717, 1.165) is 0 Å². The van der Waals surface area contributed by atoms with Crippen molar-refractivity contribution in [3.8, 4) is 0 Å². The van der Waals surface area contributed by atoms with Gasteiger partial charge in [0.05, 0.1) is 6.16 Å². The van der Waals surface area contributed by atoms with Crippen LogP contribution in [-0.4, -0.2) is 56.9 Å². The van der Waals surface area contributed by atoms with E-state index in [9.17, 15) is 23.7 Å². The average molecular weight is 474 g/mol. The Morgan fingerprint density at radius 3 is 1.28 bits per heavy atom. The molecule has 0 aliphatic rings. The van der Waals surface area contributed by atoms with Crippen LogP contribution in [0.1, 0.15) is 27.7 Å². The van der Waals surface area contributed by atoms with E-state index in [2.05, 4.69) is 40.5 Å². The van der Waals surface area contributed by atoms with Crippen molar-refractivity contribution >= 4 is 31.2 Å². The fourth-order valence-corrected chi connectivity index (χ4v) is 2.02. The van der Waals surface area contributed by atoms with Crippen LogP contribution < -0.4 is 0 Å². The Morgan fingerprint density at radius 2 is 0.938 bits per heavy atom. The third-order valence-corrected chi connectivity index (χ3v) is 4.67. The van der Waals surface area contributed by atoms with Crippen LogP contribution in [0.2, 0.25) is 0 Å². The van der Waals surface area contributed by atoms with Crippen molar-refractivity contribution in [3.63, 3.8) is 0 Å². The maximum Gasteiger partial charge on any atom is 0.335 e. The number of ether oxygens (including phenoxy) is 4. The predicted molar refractivity (Wildman–Crippen MR) is 118 cm³/mol. The van der Waals surface area contributed by atoms with Gasteiger partial charge in [-0.3, -0.25) is 9.09 Å². The lowest BCUT2D eigenvalue weighted by atomic mass is 10.4. The molecule has 1 unspecified atom stereocenters. The molecule has 0 fully saturated rings. The average Bonchev–Trinajstić information content (AvgIpc) is 2.67. The summed E-state index contributed by atoms with van der Waals surface area (Å²) in [6.07, 6.45) is 0.0383. The highest BCUT2D eigenvalue weighted by Gasteiger charge is 2.18. The van der Waals surface area contributed by atoms with Gasteiger partial charge in [0.1, 0.15) is 6.61 Å². The number of carbonyl (C=O) groups excluding carboxylic acids is 4. The van der Waals surface area contributed by atoms with Crippen molar-refractivity contribution in [2.45, 2.75) is 27.7 Å². The third-order valence-electron chi connectivity index (χ3n) is 3.02. The zero-order chi connectivity index (χ0) is 25.5. The highest BCUT2D eigenvalue weighted by Crippen LogP contribution is 2.41. The summed E-state index contributed by atoms with van der Waals surface area (Å²) in [5.74, 6) is -2.34. The van der Waals surface area contributed by atoms with E-state index >= 15 is 0 Å². The molecule has 0 aromatic rings. The molecule has 0 aliphatic heterocycles. The summed E-state index contributed by atoms with van der Waals surface area (Å²) in [7, 11) is -2.98.